The highest BCUT2D eigenvalue weighted by molar-refractivity contribution is 5.77. The van der Waals surface area contributed by atoms with Crippen LogP contribution in [0, 0.1) is 0 Å². The first-order valence-corrected chi connectivity index (χ1v) is 6.90. The summed E-state index contributed by atoms with van der Waals surface area (Å²) in [6.45, 7) is 2.43. The standard InChI is InChI=1S/C15H25N3O2/c1-18(12-15(19)17-9-11-20-2)10-3-4-13-5-7-14(16)8-6-13/h5-8H,3-4,9-12,16H2,1-2H3,(H,17,19). The summed E-state index contributed by atoms with van der Waals surface area (Å²) in [7, 11) is 3.58. The number of nitrogens with two attached hydrogens (primary N) is 1. The van der Waals surface area contributed by atoms with Crippen molar-refractivity contribution in [2.75, 3.05) is 46.1 Å². The number of amides is 1. The Balaban J connectivity index is 2.14. The molecule has 0 fully saturated rings. The van der Waals surface area contributed by atoms with Gasteiger partial charge in [-0.2, -0.15) is 0 Å². The molecular weight excluding hydrogens is 254 g/mol. The number of benzene rings is 1. The summed E-state index contributed by atoms with van der Waals surface area (Å²) in [6.07, 6.45) is 2.02. The number of carbonyl (C=O) groups is 1. The van der Waals surface area contributed by atoms with E-state index >= 15 is 0 Å². The van der Waals surface area contributed by atoms with Crippen molar-refractivity contribution in [3.63, 3.8) is 0 Å². The van der Waals surface area contributed by atoms with Crippen molar-refractivity contribution in [3.8, 4) is 0 Å². The topological polar surface area (TPSA) is 67.6 Å². The minimum absolute atomic E-state index is 0.0389. The highest BCUT2D eigenvalue weighted by Crippen LogP contribution is 2.07. The van der Waals surface area contributed by atoms with Gasteiger partial charge in [0.2, 0.25) is 5.91 Å². The fraction of sp³-hybridized carbons (Fsp3) is 0.533. The molecule has 1 aromatic carbocycles. The van der Waals surface area contributed by atoms with Crippen LogP contribution in [0.5, 0.6) is 0 Å². The molecule has 0 atom stereocenters. The van der Waals surface area contributed by atoms with Crippen LogP contribution in [0.15, 0.2) is 24.3 Å². The lowest BCUT2D eigenvalue weighted by Crippen LogP contribution is -2.37. The monoisotopic (exact) mass is 279 g/mol. The number of aryl methyl sites for hydroxylation is 1. The number of nitrogen functional groups attached to an aromatic ring is 1. The van der Waals surface area contributed by atoms with E-state index in [1.807, 2.05) is 36.2 Å². The smallest absolute Gasteiger partial charge is 0.234 e. The largest absolute Gasteiger partial charge is 0.399 e. The van der Waals surface area contributed by atoms with Crippen LogP contribution >= 0.6 is 0 Å². The highest BCUT2D eigenvalue weighted by Gasteiger charge is 2.05. The summed E-state index contributed by atoms with van der Waals surface area (Å²) in [5.74, 6) is 0.0389. The van der Waals surface area contributed by atoms with E-state index in [1.165, 1.54) is 5.56 Å². The second-order valence-electron chi connectivity index (χ2n) is 4.93. The molecule has 0 aliphatic rings. The van der Waals surface area contributed by atoms with Crippen LogP contribution < -0.4 is 11.1 Å². The number of hydrogen-bond acceptors (Lipinski definition) is 4. The molecule has 0 unspecified atom stereocenters. The van der Waals surface area contributed by atoms with E-state index in [4.69, 9.17) is 10.5 Å². The van der Waals surface area contributed by atoms with Gasteiger partial charge in [-0.05, 0) is 44.1 Å². The van der Waals surface area contributed by atoms with Crippen molar-refractivity contribution in [3.05, 3.63) is 29.8 Å². The van der Waals surface area contributed by atoms with E-state index in [0.29, 0.717) is 19.7 Å². The van der Waals surface area contributed by atoms with Gasteiger partial charge in [-0.15, -0.1) is 0 Å². The van der Waals surface area contributed by atoms with Gasteiger partial charge in [-0.25, -0.2) is 0 Å². The zero-order valence-electron chi connectivity index (χ0n) is 12.4. The average molecular weight is 279 g/mol. The number of likely N-dealkylation sites (N-methyl/N-ethyl adjacent to an activating group) is 1. The van der Waals surface area contributed by atoms with Crippen LogP contribution in [0.1, 0.15) is 12.0 Å². The molecule has 5 nitrogen and oxygen atoms in total. The molecule has 112 valence electrons. The van der Waals surface area contributed by atoms with E-state index in [0.717, 1.165) is 25.1 Å². The molecule has 1 amide bonds. The maximum Gasteiger partial charge on any atom is 0.234 e. The SMILES string of the molecule is COCCNC(=O)CN(C)CCCc1ccc(N)cc1. The minimum Gasteiger partial charge on any atom is -0.399 e. The van der Waals surface area contributed by atoms with E-state index in [-0.39, 0.29) is 5.91 Å². The first-order chi connectivity index (χ1) is 9.61. The Hall–Kier alpha value is -1.59. The van der Waals surface area contributed by atoms with E-state index in [1.54, 1.807) is 7.11 Å². The lowest BCUT2D eigenvalue weighted by atomic mass is 10.1. The van der Waals surface area contributed by atoms with Gasteiger partial charge in [-0.3, -0.25) is 9.69 Å². The molecule has 0 aliphatic heterocycles. The first kappa shape index (κ1) is 16.5. The molecule has 0 heterocycles. The van der Waals surface area contributed by atoms with Crippen molar-refractivity contribution in [2.45, 2.75) is 12.8 Å². The number of carbonyl (C=O) groups excluding carboxylic acids is 1. The zero-order valence-corrected chi connectivity index (χ0v) is 12.4. The third kappa shape index (κ3) is 7.11. The quantitative estimate of drug-likeness (QED) is 0.520. The Morgan fingerprint density at radius 2 is 2.05 bits per heavy atom. The molecule has 20 heavy (non-hydrogen) atoms. The Kier molecular flexibility index (Phi) is 7.69. The van der Waals surface area contributed by atoms with Gasteiger partial charge in [0.05, 0.1) is 13.2 Å². The summed E-state index contributed by atoms with van der Waals surface area (Å²) in [6, 6.07) is 7.93. The number of rotatable bonds is 9. The molecule has 0 spiro atoms. The zero-order chi connectivity index (χ0) is 14.8. The number of methoxy groups -OCH3 is 1. The molecule has 1 aromatic rings. The number of anilines is 1. The molecule has 0 aliphatic carbocycles. The van der Waals surface area contributed by atoms with Crippen LogP contribution in [0.2, 0.25) is 0 Å². The number of nitrogens with zero attached hydrogens (tertiary/aromatic N) is 1. The fourth-order valence-electron chi connectivity index (χ4n) is 1.91. The molecule has 5 heteroatoms. The van der Waals surface area contributed by atoms with Crippen molar-refractivity contribution < 1.29 is 9.53 Å². The van der Waals surface area contributed by atoms with Gasteiger partial charge in [0.1, 0.15) is 0 Å². The predicted octanol–water partition coefficient (Wildman–Crippen LogP) is 0.896. The normalized spacial score (nSPS) is 10.8. The maximum atomic E-state index is 11.6. The lowest BCUT2D eigenvalue weighted by Gasteiger charge is -2.16. The van der Waals surface area contributed by atoms with Crippen molar-refractivity contribution in [1.29, 1.82) is 0 Å². The summed E-state index contributed by atoms with van der Waals surface area (Å²) < 4.78 is 4.88. The van der Waals surface area contributed by atoms with Crippen molar-refractivity contribution >= 4 is 11.6 Å². The third-order valence-electron chi connectivity index (χ3n) is 3.03. The lowest BCUT2D eigenvalue weighted by molar-refractivity contribution is -0.122. The molecule has 0 radical (unpaired) electrons. The summed E-state index contributed by atoms with van der Waals surface area (Å²) in [5, 5.41) is 2.81. The van der Waals surface area contributed by atoms with Gasteiger partial charge in [-0.1, -0.05) is 12.1 Å². The van der Waals surface area contributed by atoms with Crippen LogP contribution in [0.4, 0.5) is 5.69 Å². The molecule has 0 saturated carbocycles. The average Bonchev–Trinajstić information content (AvgIpc) is 2.41. The fourth-order valence-corrected chi connectivity index (χ4v) is 1.91. The van der Waals surface area contributed by atoms with Gasteiger partial charge in [0.15, 0.2) is 0 Å². The summed E-state index contributed by atoms with van der Waals surface area (Å²) >= 11 is 0. The Bertz CT molecular complexity index is 393. The minimum atomic E-state index is 0.0389. The highest BCUT2D eigenvalue weighted by atomic mass is 16.5. The van der Waals surface area contributed by atoms with Gasteiger partial charge in [0.25, 0.3) is 0 Å². The third-order valence-corrected chi connectivity index (χ3v) is 3.03. The van der Waals surface area contributed by atoms with Crippen molar-refractivity contribution in [1.82, 2.24) is 10.2 Å². The van der Waals surface area contributed by atoms with E-state index in [2.05, 4.69) is 5.32 Å². The van der Waals surface area contributed by atoms with Gasteiger partial charge >= 0.3 is 0 Å². The van der Waals surface area contributed by atoms with Gasteiger partial charge in [0, 0.05) is 19.3 Å². The van der Waals surface area contributed by atoms with Crippen LogP contribution in [-0.2, 0) is 16.0 Å². The molecule has 3 N–H and O–H groups in total. The van der Waals surface area contributed by atoms with Crippen LogP contribution in [0.25, 0.3) is 0 Å². The summed E-state index contributed by atoms with van der Waals surface area (Å²) in [5.41, 5.74) is 7.71. The molecule has 1 rings (SSSR count). The molecule has 0 bridgehead atoms. The van der Waals surface area contributed by atoms with E-state index < -0.39 is 0 Å². The number of nitrogens with one attached hydrogen (secondary N) is 1. The van der Waals surface area contributed by atoms with Gasteiger partial charge < -0.3 is 15.8 Å². The Morgan fingerprint density at radius 1 is 1.35 bits per heavy atom. The maximum absolute atomic E-state index is 11.6. The second kappa shape index (κ2) is 9.34. The molecule has 0 aromatic heterocycles. The number of ether oxygens (including phenoxy) is 1. The van der Waals surface area contributed by atoms with Crippen LogP contribution in [-0.4, -0.2) is 51.2 Å². The van der Waals surface area contributed by atoms with Crippen molar-refractivity contribution in [2.24, 2.45) is 0 Å². The van der Waals surface area contributed by atoms with E-state index in [9.17, 15) is 4.79 Å². The summed E-state index contributed by atoms with van der Waals surface area (Å²) in [4.78, 5) is 13.6. The Morgan fingerprint density at radius 3 is 2.70 bits per heavy atom. The Labute approximate surface area is 121 Å². The van der Waals surface area contributed by atoms with Crippen LogP contribution in [0.3, 0.4) is 0 Å². The predicted molar refractivity (Wildman–Crippen MR) is 81.6 cm³/mol. The molecular formula is C15H25N3O2. The number of hydrogen-bond donors (Lipinski definition) is 2. The first-order valence-electron chi connectivity index (χ1n) is 6.90. The second-order valence-corrected chi connectivity index (χ2v) is 4.93. The molecule has 0 saturated heterocycles.